The van der Waals surface area contributed by atoms with E-state index < -0.39 is 12.8 Å². The van der Waals surface area contributed by atoms with Gasteiger partial charge in [-0.3, -0.25) is 4.79 Å². The van der Waals surface area contributed by atoms with E-state index in [1.807, 2.05) is 0 Å². The summed E-state index contributed by atoms with van der Waals surface area (Å²) >= 11 is 0. The molecule has 5 heteroatoms. The standard InChI is InChI=1S/C13H21F3O2/c14-13(15,16)10-18-9-8-12(17)7-6-11-4-2-1-3-5-11/h11H,1-10H2. The van der Waals surface area contributed by atoms with E-state index >= 15 is 0 Å². The van der Waals surface area contributed by atoms with Gasteiger partial charge in [0, 0.05) is 12.8 Å². The second-order valence-electron chi connectivity index (χ2n) is 5.00. The number of hydrogen-bond acceptors (Lipinski definition) is 2. The van der Waals surface area contributed by atoms with Crippen molar-refractivity contribution in [3.63, 3.8) is 0 Å². The number of carbonyl (C=O) groups excluding carboxylic acids is 1. The average Bonchev–Trinajstić information content (AvgIpc) is 2.32. The van der Waals surface area contributed by atoms with Gasteiger partial charge in [-0.25, -0.2) is 0 Å². The molecule has 0 heterocycles. The zero-order chi connectivity index (χ0) is 13.4. The highest BCUT2D eigenvalue weighted by Crippen LogP contribution is 2.27. The highest BCUT2D eigenvalue weighted by Gasteiger charge is 2.27. The fourth-order valence-electron chi connectivity index (χ4n) is 2.34. The van der Waals surface area contributed by atoms with E-state index in [2.05, 4.69) is 4.74 Å². The number of hydrogen-bond donors (Lipinski definition) is 0. The molecule has 0 atom stereocenters. The van der Waals surface area contributed by atoms with Crippen molar-refractivity contribution >= 4 is 5.78 Å². The Kier molecular flexibility index (Phi) is 6.68. The number of carbonyl (C=O) groups is 1. The van der Waals surface area contributed by atoms with Crippen LogP contribution in [0.25, 0.3) is 0 Å². The number of alkyl halides is 3. The van der Waals surface area contributed by atoms with Crippen LogP contribution in [0.2, 0.25) is 0 Å². The summed E-state index contributed by atoms with van der Waals surface area (Å²) in [5.41, 5.74) is 0. The Hall–Kier alpha value is -0.580. The largest absolute Gasteiger partial charge is 0.411 e. The molecule has 106 valence electrons. The highest BCUT2D eigenvalue weighted by atomic mass is 19.4. The van der Waals surface area contributed by atoms with Crippen molar-refractivity contribution in [3.05, 3.63) is 0 Å². The number of rotatable bonds is 7. The smallest absolute Gasteiger partial charge is 0.372 e. The van der Waals surface area contributed by atoms with Gasteiger partial charge in [0.1, 0.15) is 12.4 Å². The Morgan fingerprint density at radius 2 is 1.78 bits per heavy atom. The van der Waals surface area contributed by atoms with Gasteiger partial charge >= 0.3 is 6.18 Å². The summed E-state index contributed by atoms with van der Waals surface area (Å²) in [5, 5.41) is 0. The van der Waals surface area contributed by atoms with E-state index in [1.54, 1.807) is 0 Å². The molecule has 0 unspecified atom stereocenters. The lowest BCUT2D eigenvalue weighted by Crippen LogP contribution is -2.18. The van der Waals surface area contributed by atoms with Crippen LogP contribution in [0.5, 0.6) is 0 Å². The number of ether oxygens (including phenoxy) is 1. The maximum Gasteiger partial charge on any atom is 0.411 e. The topological polar surface area (TPSA) is 26.3 Å². The molecule has 1 saturated carbocycles. The van der Waals surface area contributed by atoms with Gasteiger partial charge in [0.2, 0.25) is 0 Å². The van der Waals surface area contributed by atoms with Crippen LogP contribution in [0.1, 0.15) is 51.4 Å². The van der Waals surface area contributed by atoms with Crippen LogP contribution < -0.4 is 0 Å². The molecule has 0 N–H and O–H groups in total. The second-order valence-corrected chi connectivity index (χ2v) is 5.00. The van der Waals surface area contributed by atoms with Crippen molar-refractivity contribution in [2.45, 2.75) is 57.5 Å². The second kappa shape index (κ2) is 7.77. The monoisotopic (exact) mass is 266 g/mol. The normalized spacial score (nSPS) is 17.9. The van der Waals surface area contributed by atoms with Crippen LogP contribution >= 0.6 is 0 Å². The van der Waals surface area contributed by atoms with Crippen molar-refractivity contribution in [3.8, 4) is 0 Å². The van der Waals surface area contributed by atoms with Crippen LogP contribution in [0.3, 0.4) is 0 Å². The minimum atomic E-state index is -4.30. The quantitative estimate of drug-likeness (QED) is 0.653. The van der Waals surface area contributed by atoms with Gasteiger partial charge in [-0.2, -0.15) is 13.2 Å². The third-order valence-corrected chi connectivity index (χ3v) is 3.35. The Morgan fingerprint density at radius 1 is 1.11 bits per heavy atom. The van der Waals surface area contributed by atoms with Gasteiger partial charge in [0.05, 0.1) is 6.61 Å². The molecule has 1 aliphatic rings. The van der Waals surface area contributed by atoms with Crippen LogP contribution in [0, 0.1) is 5.92 Å². The Morgan fingerprint density at radius 3 is 2.39 bits per heavy atom. The molecule has 0 radical (unpaired) electrons. The first-order chi connectivity index (χ1) is 8.47. The van der Waals surface area contributed by atoms with E-state index in [1.165, 1.54) is 32.1 Å². The molecule has 1 aliphatic carbocycles. The molecule has 2 nitrogen and oxygen atoms in total. The summed E-state index contributed by atoms with van der Waals surface area (Å²) in [7, 11) is 0. The van der Waals surface area contributed by atoms with Crippen molar-refractivity contribution in [2.24, 2.45) is 5.92 Å². The molecular formula is C13H21F3O2. The van der Waals surface area contributed by atoms with Crippen LogP contribution in [-0.4, -0.2) is 25.2 Å². The van der Waals surface area contributed by atoms with Gasteiger partial charge < -0.3 is 4.74 Å². The number of ketones is 1. The van der Waals surface area contributed by atoms with Gasteiger partial charge in [0.15, 0.2) is 0 Å². The molecule has 18 heavy (non-hydrogen) atoms. The van der Waals surface area contributed by atoms with Gasteiger partial charge in [-0.15, -0.1) is 0 Å². The summed E-state index contributed by atoms with van der Waals surface area (Å²) in [4.78, 5) is 11.4. The SMILES string of the molecule is O=C(CCOCC(F)(F)F)CCC1CCCCC1. The van der Waals surface area contributed by atoms with Crippen LogP contribution in [-0.2, 0) is 9.53 Å². The lowest BCUT2D eigenvalue weighted by Gasteiger charge is -2.20. The zero-order valence-electron chi connectivity index (χ0n) is 10.6. The molecule has 0 aromatic rings. The number of Topliss-reactive ketones (excluding diaryl/α,β-unsaturated/α-hetero) is 1. The summed E-state index contributed by atoms with van der Waals surface area (Å²) < 4.78 is 39.7. The molecule has 1 rings (SSSR count). The zero-order valence-corrected chi connectivity index (χ0v) is 10.6. The van der Waals surface area contributed by atoms with E-state index in [0.29, 0.717) is 12.3 Å². The number of halogens is 3. The van der Waals surface area contributed by atoms with Gasteiger partial charge in [0.25, 0.3) is 0 Å². The summed E-state index contributed by atoms with van der Waals surface area (Å²) in [6.45, 7) is -1.38. The Balaban J connectivity index is 2.00. The minimum absolute atomic E-state index is 0.0164. The molecule has 0 aromatic heterocycles. The summed E-state index contributed by atoms with van der Waals surface area (Å²) in [5.74, 6) is 0.654. The highest BCUT2D eigenvalue weighted by molar-refractivity contribution is 5.78. The van der Waals surface area contributed by atoms with E-state index in [-0.39, 0.29) is 18.8 Å². The van der Waals surface area contributed by atoms with Gasteiger partial charge in [-0.1, -0.05) is 32.1 Å². The molecule has 0 amide bonds. The first-order valence-corrected chi connectivity index (χ1v) is 6.63. The van der Waals surface area contributed by atoms with Crippen molar-refractivity contribution in [1.82, 2.24) is 0 Å². The van der Waals surface area contributed by atoms with Crippen LogP contribution in [0.15, 0.2) is 0 Å². The first-order valence-electron chi connectivity index (χ1n) is 6.63. The Bertz CT molecular complexity index is 245. The van der Waals surface area contributed by atoms with Crippen molar-refractivity contribution < 1.29 is 22.7 Å². The Labute approximate surface area is 106 Å². The predicted octanol–water partition coefficient (Wildman–Crippen LogP) is 3.89. The molecule has 0 saturated heterocycles. The van der Waals surface area contributed by atoms with E-state index in [0.717, 1.165) is 6.42 Å². The molecule has 0 spiro atoms. The fourth-order valence-corrected chi connectivity index (χ4v) is 2.34. The lowest BCUT2D eigenvalue weighted by molar-refractivity contribution is -0.174. The molecule has 1 fully saturated rings. The maximum atomic E-state index is 11.8. The molecule has 0 aromatic carbocycles. The van der Waals surface area contributed by atoms with Crippen molar-refractivity contribution in [1.29, 1.82) is 0 Å². The summed E-state index contributed by atoms with van der Waals surface area (Å²) in [6.07, 6.45) is 3.33. The molecule has 0 bridgehead atoms. The lowest BCUT2D eigenvalue weighted by atomic mass is 9.85. The third kappa shape index (κ3) is 7.69. The minimum Gasteiger partial charge on any atom is -0.372 e. The van der Waals surface area contributed by atoms with Crippen LogP contribution in [0.4, 0.5) is 13.2 Å². The summed E-state index contributed by atoms with van der Waals surface area (Å²) in [6, 6.07) is 0. The third-order valence-electron chi connectivity index (χ3n) is 3.35. The molecular weight excluding hydrogens is 245 g/mol. The fraction of sp³-hybridized carbons (Fsp3) is 0.923. The maximum absolute atomic E-state index is 11.8. The van der Waals surface area contributed by atoms with Crippen molar-refractivity contribution in [2.75, 3.05) is 13.2 Å². The van der Waals surface area contributed by atoms with E-state index in [4.69, 9.17) is 0 Å². The van der Waals surface area contributed by atoms with Gasteiger partial charge in [-0.05, 0) is 12.3 Å². The first kappa shape index (κ1) is 15.5. The van der Waals surface area contributed by atoms with E-state index in [9.17, 15) is 18.0 Å². The molecule has 0 aliphatic heterocycles. The predicted molar refractivity (Wildman–Crippen MR) is 62.3 cm³/mol. The average molecular weight is 266 g/mol.